The molecule has 1 amide bonds. The second kappa shape index (κ2) is 7.46. The van der Waals surface area contributed by atoms with Gasteiger partial charge in [-0.2, -0.15) is 0 Å². The molecule has 0 atom stereocenters. The molecular weight excluding hydrogens is 242 g/mol. The van der Waals surface area contributed by atoms with Crippen LogP contribution in [-0.2, 0) is 11.3 Å². The van der Waals surface area contributed by atoms with Gasteiger partial charge in [0, 0.05) is 17.7 Å². The zero-order valence-corrected chi connectivity index (χ0v) is 11.9. The molecule has 0 bridgehead atoms. The minimum Gasteiger partial charge on any atom is -0.497 e. The molecule has 1 rings (SSSR count). The van der Waals surface area contributed by atoms with E-state index in [-0.39, 0.29) is 5.91 Å². The SMILES string of the molecule is CCC=C(C)C(=O)NCc1cc(OC)ccc1OC. The Morgan fingerprint density at radius 3 is 2.63 bits per heavy atom. The number of rotatable bonds is 6. The van der Waals surface area contributed by atoms with E-state index < -0.39 is 0 Å². The number of benzene rings is 1. The van der Waals surface area contributed by atoms with E-state index in [1.54, 1.807) is 14.2 Å². The van der Waals surface area contributed by atoms with E-state index in [0.29, 0.717) is 6.54 Å². The summed E-state index contributed by atoms with van der Waals surface area (Å²) in [7, 11) is 3.22. The number of amides is 1. The Bertz CT molecular complexity index is 466. The third kappa shape index (κ3) is 4.32. The molecule has 0 saturated carbocycles. The van der Waals surface area contributed by atoms with E-state index in [0.717, 1.165) is 29.1 Å². The molecule has 104 valence electrons. The molecule has 1 aromatic rings. The molecule has 0 aliphatic heterocycles. The van der Waals surface area contributed by atoms with Crippen LogP contribution in [0.3, 0.4) is 0 Å². The van der Waals surface area contributed by atoms with Gasteiger partial charge in [-0.3, -0.25) is 4.79 Å². The summed E-state index contributed by atoms with van der Waals surface area (Å²) in [6.07, 6.45) is 2.75. The molecule has 0 fully saturated rings. The molecule has 0 saturated heterocycles. The van der Waals surface area contributed by atoms with Gasteiger partial charge in [0.05, 0.1) is 14.2 Å². The first kappa shape index (κ1) is 15.1. The largest absolute Gasteiger partial charge is 0.497 e. The van der Waals surface area contributed by atoms with Crippen LogP contribution < -0.4 is 14.8 Å². The molecule has 0 aliphatic rings. The Kier molecular flexibility index (Phi) is 5.93. The minimum absolute atomic E-state index is 0.0632. The van der Waals surface area contributed by atoms with Crippen molar-refractivity contribution in [2.45, 2.75) is 26.8 Å². The zero-order chi connectivity index (χ0) is 14.3. The summed E-state index contributed by atoms with van der Waals surface area (Å²) in [4.78, 5) is 11.8. The van der Waals surface area contributed by atoms with Crippen molar-refractivity contribution in [3.8, 4) is 11.5 Å². The first-order valence-electron chi connectivity index (χ1n) is 6.28. The molecule has 4 heteroatoms. The van der Waals surface area contributed by atoms with Crippen LogP contribution in [0.4, 0.5) is 0 Å². The molecule has 0 unspecified atom stereocenters. The maximum atomic E-state index is 11.8. The highest BCUT2D eigenvalue weighted by Crippen LogP contribution is 2.23. The fourth-order valence-corrected chi connectivity index (χ4v) is 1.73. The Morgan fingerprint density at radius 1 is 1.32 bits per heavy atom. The fraction of sp³-hybridized carbons (Fsp3) is 0.400. The highest BCUT2D eigenvalue weighted by molar-refractivity contribution is 5.92. The van der Waals surface area contributed by atoms with Crippen molar-refractivity contribution >= 4 is 5.91 Å². The van der Waals surface area contributed by atoms with Gasteiger partial charge in [0.15, 0.2) is 0 Å². The van der Waals surface area contributed by atoms with Gasteiger partial charge in [0.2, 0.25) is 5.91 Å². The van der Waals surface area contributed by atoms with Gasteiger partial charge < -0.3 is 14.8 Å². The number of ether oxygens (including phenoxy) is 2. The summed E-state index contributed by atoms with van der Waals surface area (Å²) in [6, 6.07) is 5.51. The number of methoxy groups -OCH3 is 2. The predicted molar refractivity (Wildman–Crippen MR) is 75.4 cm³/mol. The Morgan fingerprint density at radius 2 is 2.05 bits per heavy atom. The molecular formula is C15H21NO3. The minimum atomic E-state index is -0.0632. The molecule has 0 radical (unpaired) electrons. The molecule has 4 nitrogen and oxygen atoms in total. The molecule has 19 heavy (non-hydrogen) atoms. The summed E-state index contributed by atoms with van der Waals surface area (Å²) >= 11 is 0. The topological polar surface area (TPSA) is 47.6 Å². The number of allylic oxidation sites excluding steroid dienone is 1. The summed E-state index contributed by atoms with van der Waals surface area (Å²) in [5, 5.41) is 2.87. The first-order valence-corrected chi connectivity index (χ1v) is 6.28. The monoisotopic (exact) mass is 263 g/mol. The van der Waals surface area contributed by atoms with Gasteiger partial charge in [-0.05, 0) is 31.5 Å². The maximum Gasteiger partial charge on any atom is 0.246 e. The maximum absolute atomic E-state index is 11.8. The second-order valence-corrected chi connectivity index (χ2v) is 4.16. The van der Waals surface area contributed by atoms with Crippen LogP contribution in [0.1, 0.15) is 25.8 Å². The number of carbonyl (C=O) groups excluding carboxylic acids is 1. The van der Waals surface area contributed by atoms with Crippen molar-refractivity contribution in [2.24, 2.45) is 0 Å². The van der Waals surface area contributed by atoms with E-state index >= 15 is 0 Å². The lowest BCUT2D eigenvalue weighted by Crippen LogP contribution is -2.23. The molecule has 0 spiro atoms. The summed E-state index contributed by atoms with van der Waals surface area (Å²) in [5.41, 5.74) is 1.61. The molecule has 0 aromatic heterocycles. The third-order valence-corrected chi connectivity index (χ3v) is 2.80. The van der Waals surface area contributed by atoms with E-state index in [1.165, 1.54) is 0 Å². The van der Waals surface area contributed by atoms with Crippen molar-refractivity contribution in [3.05, 3.63) is 35.4 Å². The van der Waals surface area contributed by atoms with Gasteiger partial charge >= 0.3 is 0 Å². The smallest absolute Gasteiger partial charge is 0.246 e. The predicted octanol–water partition coefficient (Wildman–Crippen LogP) is 2.68. The van der Waals surface area contributed by atoms with Crippen LogP contribution in [0.2, 0.25) is 0 Å². The lowest BCUT2D eigenvalue weighted by molar-refractivity contribution is -0.117. The average Bonchev–Trinajstić information content (AvgIpc) is 2.44. The van der Waals surface area contributed by atoms with E-state index in [9.17, 15) is 4.79 Å². The summed E-state index contributed by atoms with van der Waals surface area (Å²) in [5.74, 6) is 1.41. The number of nitrogens with one attached hydrogen (secondary N) is 1. The fourth-order valence-electron chi connectivity index (χ4n) is 1.73. The Labute approximate surface area is 114 Å². The standard InChI is InChI=1S/C15H21NO3/c1-5-6-11(2)15(17)16-10-12-9-13(18-3)7-8-14(12)19-4/h6-9H,5,10H2,1-4H3,(H,16,17). The van der Waals surface area contributed by atoms with Gasteiger partial charge in [-0.1, -0.05) is 13.0 Å². The van der Waals surface area contributed by atoms with Gasteiger partial charge in [0.25, 0.3) is 0 Å². The number of hydrogen-bond acceptors (Lipinski definition) is 3. The number of carbonyl (C=O) groups is 1. The zero-order valence-electron chi connectivity index (χ0n) is 11.9. The second-order valence-electron chi connectivity index (χ2n) is 4.16. The van der Waals surface area contributed by atoms with Crippen LogP contribution in [0, 0.1) is 0 Å². The van der Waals surface area contributed by atoms with Crippen molar-refractivity contribution in [1.29, 1.82) is 0 Å². The van der Waals surface area contributed by atoms with Crippen LogP contribution in [0.15, 0.2) is 29.8 Å². The average molecular weight is 263 g/mol. The van der Waals surface area contributed by atoms with Gasteiger partial charge in [0.1, 0.15) is 11.5 Å². The third-order valence-electron chi connectivity index (χ3n) is 2.80. The van der Waals surface area contributed by atoms with Crippen molar-refractivity contribution < 1.29 is 14.3 Å². The highest BCUT2D eigenvalue weighted by Gasteiger charge is 2.08. The molecule has 1 aromatic carbocycles. The van der Waals surface area contributed by atoms with Crippen LogP contribution in [0.5, 0.6) is 11.5 Å². The lowest BCUT2D eigenvalue weighted by Gasteiger charge is -2.11. The summed E-state index contributed by atoms with van der Waals surface area (Å²) in [6.45, 7) is 4.22. The van der Waals surface area contributed by atoms with Gasteiger partial charge in [-0.15, -0.1) is 0 Å². The molecule has 0 heterocycles. The highest BCUT2D eigenvalue weighted by atomic mass is 16.5. The quantitative estimate of drug-likeness (QED) is 0.803. The first-order chi connectivity index (χ1) is 9.12. The van der Waals surface area contributed by atoms with Crippen molar-refractivity contribution in [1.82, 2.24) is 5.32 Å². The van der Waals surface area contributed by atoms with E-state index in [1.807, 2.05) is 38.1 Å². The van der Waals surface area contributed by atoms with E-state index in [4.69, 9.17) is 9.47 Å². The van der Waals surface area contributed by atoms with E-state index in [2.05, 4.69) is 5.32 Å². The molecule has 1 N–H and O–H groups in total. The Hall–Kier alpha value is -1.97. The van der Waals surface area contributed by atoms with Crippen molar-refractivity contribution in [3.63, 3.8) is 0 Å². The van der Waals surface area contributed by atoms with Crippen LogP contribution >= 0.6 is 0 Å². The van der Waals surface area contributed by atoms with Crippen molar-refractivity contribution in [2.75, 3.05) is 14.2 Å². The number of hydrogen-bond donors (Lipinski definition) is 1. The van der Waals surface area contributed by atoms with Gasteiger partial charge in [-0.25, -0.2) is 0 Å². The van der Waals surface area contributed by atoms with Crippen LogP contribution in [0.25, 0.3) is 0 Å². The Balaban J connectivity index is 2.76. The summed E-state index contributed by atoms with van der Waals surface area (Å²) < 4.78 is 10.4. The lowest BCUT2D eigenvalue weighted by atomic mass is 10.1. The normalized spacial score (nSPS) is 11.1. The van der Waals surface area contributed by atoms with Crippen LogP contribution in [-0.4, -0.2) is 20.1 Å². The molecule has 0 aliphatic carbocycles.